The van der Waals surface area contributed by atoms with Crippen LogP contribution in [0.1, 0.15) is 19.3 Å². The van der Waals surface area contributed by atoms with Crippen LogP contribution < -0.4 is 15.8 Å². The predicted molar refractivity (Wildman–Crippen MR) is 75.5 cm³/mol. The first-order valence-corrected chi connectivity index (χ1v) is 7.78. The number of sulfonamides is 1. The van der Waals surface area contributed by atoms with Gasteiger partial charge in [0.2, 0.25) is 10.0 Å². The van der Waals surface area contributed by atoms with Crippen molar-refractivity contribution in [1.82, 2.24) is 4.72 Å². The Morgan fingerprint density at radius 3 is 2.43 bits per heavy atom. The second kappa shape index (κ2) is 6.99. The summed E-state index contributed by atoms with van der Waals surface area (Å²) in [5, 5.41) is 2.91. The lowest BCUT2D eigenvalue weighted by Gasteiger charge is -2.11. The van der Waals surface area contributed by atoms with Crippen molar-refractivity contribution < 1.29 is 21.6 Å². The van der Waals surface area contributed by atoms with E-state index in [0.29, 0.717) is 18.7 Å². The van der Waals surface area contributed by atoms with Gasteiger partial charge < -0.3 is 11.1 Å². The Labute approximate surface area is 121 Å². The van der Waals surface area contributed by atoms with Crippen LogP contribution in [0.3, 0.4) is 0 Å². The maximum absolute atomic E-state index is 11.9. The SMILES string of the molecule is CNS(=O)(=O)c1ccc(NCCCCC(F)(F)F)cc1N. The van der Waals surface area contributed by atoms with Gasteiger partial charge in [0, 0.05) is 18.7 Å². The minimum atomic E-state index is -4.13. The van der Waals surface area contributed by atoms with Gasteiger partial charge in [0.15, 0.2) is 0 Å². The molecule has 0 spiro atoms. The largest absolute Gasteiger partial charge is 0.398 e. The average molecular weight is 325 g/mol. The Morgan fingerprint density at radius 1 is 1.24 bits per heavy atom. The minimum Gasteiger partial charge on any atom is -0.398 e. The van der Waals surface area contributed by atoms with Crippen molar-refractivity contribution in [2.45, 2.75) is 30.3 Å². The Hall–Kier alpha value is -1.48. The molecule has 0 bridgehead atoms. The van der Waals surface area contributed by atoms with Crippen LogP contribution in [-0.2, 0) is 10.0 Å². The topological polar surface area (TPSA) is 84.2 Å². The molecule has 1 rings (SSSR count). The minimum absolute atomic E-state index is 0.0346. The third-order valence-corrected chi connectivity index (χ3v) is 4.27. The molecule has 0 aliphatic rings. The number of nitrogens with two attached hydrogens (primary N) is 1. The molecule has 0 heterocycles. The zero-order valence-corrected chi connectivity index (χ0v) is 12.3. The molecule has 1 aromatic carbocycles. The summed E-state index contributed by atoms with van der Waals surface area (Å²) < 4.78 is 61.2. The third kappa shape index (κ3) is 5.80. The molecule has 1 aromatic rings. The van der Waals surface area contributed by atoms with Crippen LogP contribution in [-0.4, -0.2) is 28.2 Å². The van der Waals surface area contributed by atoms with Crippen LogP contribution >= 0.6 is 0 Å². The highest BCUT2D eigenvalue weighted by molar-refractivity contribution is 7.89. The van der Waals surface area contributed by atoms with Crippen molar-refractivity contribution in [3.05, 3.63) is 18.2 Å². The molecule has 0 aliphatic carbocycles. The summed E-state index contributed by atoms with van der Waals surface area (Å²) in [7, 11) is -2.34. The first-order valence-electron chi connectivity index (χ1n) is 6.29. The number of anilines is 2. The van der Waals surface area contributed by atoms with Crippen LogP contribution in [0.25, 0.3) is 0 Å². The van der Waals surface area contributed by atoms with Crippen molar-refractivity contribution in [3.63, 3.8) is 0 Å². The molecule has 0 radical (unpaired) electrons. The maximum Gasteiger partial charge on any atom is 0.389 e. The summed E-state index contributed by atoms with van der Waals surface area (Å²) in [6, 6.07) is 4.30. The van der Waals surface area contributed by atoms with E-state index in [1.54, 1.807) is 0 Å². The molecule has 0 atom stereocenters. The Balaban J connectivity index is 2.54. The van der Waals surface area contributed by atoms with E-state index in [1.807, 2.05) is 0 Å². The summed E-state index contributed by atoms with van der Waals surface area (Å²) in [6.07, 6.45) is -4.54. The van der Waals surface area contributed by atoms with Crippen LogP contribution in [0.4, 0.5) is 24.5 Å². The average Bonchev–Trinajstić information content (AvgIpc) is 2.36. The summed E-state index contributed by atoms with van der Waals surface area (Å²) in [5.74, 6) is 0. The quantitative estimate of drug-likeness (QED) is 0.530. The summed E-state index contributed by atoms with van der Waals surface area (Å²) >= 11 is 0. The molecule has 0 unspecified atom stereocenters. The molecular formula is C12H18F3N3O2S. The molecule has 120 valence electrons. The van der Waals surface area contributed by atoms with Crippen molar-refractivity contribution in [2.75, 3.05) is 24.6 Å². The fraction of sp³-hybridized carbons (Fsp3) is 0.500. The summed E-state index contributed by atoms with van der Waals surface area (Å²) in [5.41, 5.74) is 6.30. The van der Waals surface area contributed by atoms with Crippen molar-refractivity contribution in [2.24, 2.45) is 0 Å². The van der Waals surface area contributed by atoms with Gasteiger partial charge in [-0.2, -0.15) is 13.2 Å². The number of hydrogen-bond acceptors (Lipinski definition) is 4. The molecule has 0 amide bonds. The molecule has 0 saturated heterocycles. The first kappa shape index (κ1) is 17.6. The Morgan fingerprint density at radius 2 is 1.90 bits per heavy atom. The second-order valence-electron chi connectivity index (χ2n) is 4.46. The van der Waals surface area contributed by atoms with E-state index >= 15 is 0 Å². The maximum atomic E-state index is 11.9. The molecule has 21 heavy (non-hydrogen) atoms. The summed E-state index contributed by atoms with van der Waals surface area (Å²) in [4.78, 5) is -0.0346. The monoisotopic (exact) mass is 325 g/mol. The van der Waals surface area contributed by atoms with E-state index in [4.69, 9.17) is 5.73 Å². The van der Waals surface area contributed by atoms with Gasteiger partial charge in [-0.05, 0) is 38.1 Å². The first-order chi connectivity index (χ1) is 9.65. The zero-order valence-electron chi connectivity index (χ0n) is 11.5. The van der Waals surface area contributed by atoms with Crippen LogP contribution in [0.5, 0.6) is 0 Å². The van der Waals surface area contributed by atoms with Crippen LogP contribution in [0.15, 0.2) is 23.1 Å². The number of nitrogens with one attached hydrogen (secondary N) is 2. The van der Waals surface area contributed by atoms with Gasteiger partial charge in [-0.1, -0.05) is 0 Å². The second-order valence-corrected chi connectivity index (χ2v) is 6.31. The van der Waals surface area contributed by atoms with Crippen LogP contribution in [0.2, 0.25) is 0 Å². The van der Waals surface area contributed by atoms with E-state index < -0.39 is 22.6 Å². The molecule has 9 heteroatoms. The van der Waals surface area contributed by atoms with E-state index in [0.717, 1.165) is 0 Å². The van der Waals surface area contributed by atoms with Crippen molar-refractivity contribution >= 4 is 21.4 Å². The number of alkyl halides is 3. The number of rotatable bonds is 7. The highest BCUT2D eigenvalue weighted by Crippen LogP contribution is 2.23. The lowest BCUT2D eigenvalue weighted by atomic mass is 10.2. The fourth-order valence-electron chi connectivity index (χ4n) is 1.70. The van der Waals surface area contributed by atoms with Gasteiger partial charge in [0.25, 0.3) is 0 Å². The Bertz CT molecular complexity index is 574. The fourth-order valence-corrected chi connectivity index (χ4v) is 2.53. The van der Waals surface area contributed by atoms with Crippen molar-refractivity contribution in [1.29, 1.82) is 0 Å². The smallest absolute Gasteiger partial charge is 0.389 e. The third-order valence-electron chi connectivity index (χ3n) is 2.78. The Kier molecular flexibility index (Phi) is 5.85. The van der Waals surface area contributed by atoms with Gasteiger partial charge in [-0.3, -0.25) is 0 Å². The van der Waals surface area contributed by atoms with Gasteiger partial charge in [0.1, 0.15) is 4.90 Å². The number of nitrogen functional groups attached to an aromatic ring is 1. The van der Waals surface area contributed by atoms with E-state index in [2.05, 4.69) is 10.0 Å². The summed E-state index contributed by atoms with van der Waals surface area (Å²) in [6.45, 7) is 0.355. The standard InChI is InChI=1S/C12H18F3N3O2S/c1-17-21(19,20)11-5-4-9(8-10(11)16)18-7-3-2-6-12(13,14)15/h4-5,8,17-18H,2-3,6-7,16H2,1H3. The molecule has 4 N–H and O–H groups in total. The normalized spacial score (nSPS) is 12.4. The van der Waals surface area contributed by atoms with Gasteiger partial charge in [-0.15, -0.1) is 0 Å². The van der Waals surface area contributed by atoms with Crippen molar-refractivity contribution in [3.8, 4) is 0 Å². The number of halogens is 3. The van der Waals surface area contributed by atoms with E-state index in [1.165, 1.54) is 25.2 Å². The highest BCUT2D eigenvalue weighted by atomic mass is 32.2. The van der Waals surface area contributed by atoms with Gasteiger partial charge in [0.05, 0.1) is 5.69 Å². The lowest BCUT2D eigenvalue weighted by Crippen LogP contribution is -2.20. The molecular weight excluding hydrogens is 307 g/mol. The predicted octanol–water partition coefficient (Wildman–Crippen LogP) is 2.32. The molecule has 0 fully saturated rings. The number of unbranched alkanes of at least 4 members (excludes halogenated alkanes) is 1. The lowest BCUT2D eigenvalue weighted by molar-refractivity contribution is -0.135. The number of hydrogen-bond donors (Lipinski definition) is 3. The molecule has 0 saturated carbocycles. The molecule has 0 aromatic heterocycles. The van der Waals surface area contributed by atoms with Gasteiger partial charge >= 0.3 is 6.18 Å². The molecule has 5 nitrogen and oxygen atoms in total. The highest BCUT2D eigenvalue weighted by Gasteiger charge is 2.25. The van der Waals surface area contributed by atoms with E-state index in [9.17, 15) is 21.6 Å². The van der Waals surface area contributed by atoms with E-state index in [-0.39, 0.29) is 17.0 Å². The van der Waals surface area contributed by atoms with Gasteiger partial charge in [-0.25, -0.2) is 13.1 Å². The zero-order chi connectivity index (χ0) is 16.1. The number of benzene rings is 1. The van der Waals surface area contributed by atoms with Crippen LogP contribution in [0, 0.1) is 0 Å². The molecule has 0 aliphatic heterocycles.